The minimum atomic E-state index is -0.498. The van der Waals surface area contributed by atoms with E-state index in [0.717, 1.165) is 47.6 Å². The van der Waals surface area contributed by atoms with Gasteiger partial charge in [0.25, 0.3) is 5.91 Å². The van der Waals surface area contributed by atoms with Gasteiger partial charge in [0.2, 0.25) is 5.91 Å². The second-order valence-electron chi connectivity index (χ2n) is 7.99. The van der Waals surface area contributed by atoms with Gasteiger partial charge >= 0.3 is 0 Å². The molecule has 1 aliphatic heterocycles. The van der Waals surface area contributed by atoms with Crippen LogP contribution in [0, 0.1) is 5.92 Å². The molecule has 0 bridgehead atoms. The lowest BCUT2D eigenvalue weighted by Gasteiger charge is -2.27. The molecule has 3 fully saturated rings. The maximum Gasteiger partial charge on any atom is 0.274 e. The van der Waals surface area contributed by atoms with Crippen molar-refractivity contribution in [3.63, 3.8) is 0 Å². The molecule has 2 N–H and O–H groups in total. The highest BCUT2D eigenvalue weighted by atomic mass is 32.1. The molecule has 1 aromatic carbocycles. The first-order chi connectivity index (χ1) is 13.1. The van der Waals surface area contributed by atoms with Crippen LogP contribution in [-0.4, -0.2) is 33.8 Å². The van der Waals surface area contributed by atoms with Crippen molar-refractivity contribution in [3.8, 4) is 10.4 Å². The fraction of sp³-hybridized carbons (Fsp3) is 0.476. The zero-order valence-electron chi connectivity index (χ0n) is 15.1. The van der Waals surface area contributed by atoms with Crippen LogP contribution in [0.5, 0.6) is 0 Å². The van der Waals surface area contributed by atoms with Crippen LogP contribution in [0.1, 0.15) is 59.9 Å². The Bertz CT molecular complexity index is 890. The molecule has 2 heterocycles. The standard InChI is InChI=1S/C21H23N3O2S/c22-19(25)16-11-14-7-4-8-15(14)24(16)21(26)17-18(12-5-2-1-3-6-12)27-20(23-17)13-9-10-13/h1-3,5-6,13-16H,4,7-11H2,(H2,22,25)/t14-,15-,16-/m0/s1. The largest absolute Gasteiger partial charge is 0.368 e. The molecule has 2 saturated carbocycles. The molecule has 0 spiro atoms. The number of rotatable bonds is 4. The average Bonchev–Trinajstić information content (AvgIpc) is 3.12. The fourth-order valence-corrected chi connectivity index (χ4v) is 5.96. The Labute approximate surface area is 162 Å². The summed E-state index contributed by atoms with van der Waals surface area (Å²) in [4.78, 5) is 33.2. The highest BCUT2D eigenvalue weighted by Gasteiger charge is 2.49. The number of hydrogen-bond acceptors (Lipinski definition) is 4. The van der Waals surface area contributed by atoms with Gasteiger partial charge in [0.15, 0.2) is 0 Å². The number of hydrogen-bond donors (Lipinski definition) is 1. The highest BCUT2D eigenvalue weighted by Crippen LogP contribution is 2.46. The molecule has 1 saturated heterocycles. The number of thiazole rings is 1. The number of likely N-dealkylation sites (tertiary alicyclic amines) is 1. The summed E-state index contributed by atoms with van der Waals surface area (Å²) >= 11 is 1.63. The number of carbonyl (C=O) groups excluding carboxylic acids is 2. The molecular formula is C21H23N3O2S. The van der Waals surface area contributed by atoms with Crippen molar-refractivity contribution in [1.82, 2.24) is 9.88 Å². The van der Waals surface area contributed by atoms with Gasteiger partial charge < -0.3 is 10.6 Å². The number of primary amides is 1. The average molecular weight is 382 g/mol. The van der Waals surface area contributed by atoms with Crippen molar-refractivity contribution in [1.29, 1.82) is 0 Å². The predicted molar refractivity (Wildman–Crippen MR) is 104 cm³/mol. The van der Waals surface area contributed by atoms with Crippen LogP contribution in [-0.2, 0) is 4.79 Å². The second kappa shape index (κ2) is 6.44. The second-order valence-corrected chi connectivity index (χ2v) is 9.03. The van der Waals surface area contributed by atoms with Crippen molar-refractivity contribution in [2.45, 2.75) is 56.5 Å². The summed E-state index contributed by atoms with van der Waals surface area (Å²) in [6, 6.07) is 9.61. The van der Waals surface area contributed by atoms with E-state index in [1.165, 1.54) is 0 Å². The number of fused-ring (bicyclic) bond motifs is 1. The van der Waals surface area contributed by atoms with Gasteiger partial charge in [-0.15, -0.1) is 11.3 Å². The Morgan fingerprint density at radius 2 is 1.89 bits per heavy atom. The normalized spacial score (nSPS) is 27.0. The Balaban J connectivity index is 1.57. The van der Waals surface area contributed by atoms with Gasteiger partial charge in [-0.3, -0.25) is 9.59 Å². The number of nitrogens with two attached hydrogens (primary N) is 1. The first-order valence-corrected chi connectivity index (χ1v) is 10.6. The Hall–Kier alpha value is -2.21. The summed E-state index contributed by atoms with van der Waals surface area (Å²) in [6.45, 7) is 0. The summed E-state index contributed by atoms with van der Waals surface area (Å²) in [5.74, 6) is 0.379. The van der Waals surface area contributed by atoms with Crippen LogP contribution in [0.4, 0.5) is 0 Å². The minimum absolute atomic E-state index is 0.116. The quantitative estimate of drug-likeness (QED) is 0.880. The SMILES string of the molecule is NC(=O)[C@@H]1C[C@@H]2CCC[C@@H]2N1C(=O)c1nc(C2CC2)sc1-c1ccccc1. The highest BCUT2D eigenvalue weighted by molar-refractivity contribution is 7.15. The van der Waals surface area contributed by atoms with Gasteiger partial charge in [0.1, 0.15) is 11.7 Å². The third-order valence-corrected chi connectivity index (χ3v) is 7.48. The first-order valence-electron chi connectivity index (χ1n) is 9.81. The molecule has 2 amide bonds. The lowest BCUT2D eigenvalue weighted by Crippen LogP contribution is -2.47. The van der Waals surface area contributed by atoms with Crippen LogP contribution in [0.3, 0.4) is 0 Å². The smallest absolute Gasteiger partial charge is 0.274 e. The van der Waals surface area contributed by atoms with Gasteiger partial charge in [-0.25, -0.2) is 4.98 Å². The van der Waals surface area contributed by atoms with E-state index >= 15 is 0 Å². The van der Waals surface area contributed by atoms with E-state index in [0.29, 0.717) is 24.0 Å². The Kier molecular flexibility index (Phi) is 4.04. The van der Waals surface area contributed by atoms with Crippen LogP contribution >= 0.6 is 11.3 Å². The molecule has 2 aromatic rings. The Morgan fingerprint density at radius 1 is 1.11 bits per heavy atom. The van der Waals surface area contributed by atoms with E-state index < -0.39 is 11.9 Å². The van der Waals surface area contributed by atoms with Gasteiger partial charge in [0, 0.05) is 12.0 Å². The summed E-state index contributed by atoms with van der Waals surface area (Å²) in [6.07, 6.45) is 6.14. The lowest BCUT2D eigenvalue weighted by atomic mass is 10.0. The maximum absolute atomic E-state index is 13.6. The van der Waals surface area contributed by atoms with Crippen molar-refractivity contribution < 1.29 is 9.59 Å². The third kappa shape index (κ3) is 2.87. The maximum atomic E-state index is 13.6. The molecule has 2 aliphatic carbocycles. The number of carbonyl (C=O) groups is 2. The topological polar surface area (TPSA) is 76.3 Å². The van der Waals surface area contributed by atoms with Crippen molar-refractivity contribution in [2.75, 3.05) is 0 Å². The van der Waals surface area contributed by atoms with Crippen LogP contribution < -0.4 is 5.73 Å². The molecule has 27 heavy (non-hydrogen) atoms. The van der Waals surface area contributed by atoms with E-state index in [1.54, 1.807) is 16.2 Å². The molecule has 5 nitrogen and oxygen atoms in total. The summed E-state index contributed by atoms with van der Waals surface area (Å²) in [7, 11) is 0. The molecular weight excluding hydrogens is 358 g/mol. The summed E-state index contributed by atoms with van der Waals surface area (Å²) in [5.41, 5.74) is 7.19. The van der Waals surface area contributed by atoms with E-state index in [4.69, 9.17) is 10.7 Å². The zero-order valence-corrected chi connectivity index (χ0v) is 16.0. The van der Waals surface area contributed by atoms with E-state index in [2.05, 4.69) is 0 Å². The molecule has 0 unspecified atom stereocenters. The van der Waals surface area contributed by atoms with Crippen molar-refractivity contribution >= 4 is 23.2 Å². The summed E-state index contributed by atoms with van der Waals surface area (Å²) in [5, 5.41) is 1.05. The molecule has 1 aromatic heterocycles. The molecule has 140 valence electrons. The third-order valence-electron chi connectivity index (χ3n) is 6.21. The van der Waals surface area contributed by atoms with E-state index in [1.807, 2.05) is 30.3 Å². The van der Waals surface area contributed by atoms with Gasteiger partial charge in [-0.1, -0.05) is 36.8 Å². The van der Waals surface area contributed by atoms with E-state index in [9.17, 15) is 9.59 Å². The Morgan fingerprint density at radius 3 is 2.59 bits per heavy atom. The monoisotopic (exact) mass is 381 g/mol. The fourth-order valence-electron chi connectivity index (χ4n) is 4.73. The minimum Gasteiger partial charge on any atom is -0.368 e. The van der Waals surface area contributed by atoms with Gasteiger partial charge in [-0.2, -0.15) is 0 Å². The van der Waals surface area contributed by atoms with Crippen molar-refractivity contribution in [3.05, 3.63) is 41.0 Å². The molecule has 6 heteroatoms. The number of aromatic nitrogens is 1. The lowest BCUT2D eigenvalue weighted by molar-refractivity contribution is -0.122. The summed E-state index contributed by atoms with van der Waals surface area (Å²) < 4.78 is 0. The number of amides is 2. The van der Waals surface area contributed by atoms with Gasteiger partial charge in [0.05, 0.1) is 9.88 Å². The predicted octanol–water partition coefficient (Wildman–Crippen LogP) is 3.56. The molecule has 0 radical (unpaired) electrons. The van der Waals surface area contributed by atoms with Gasteiger partial charge in [-0.05, 0) is 43.6 Å². The zero-order chi connectivity index (χ0) is 18.5. The first kappa shape index (κ1) is 16.9. The molecule has 3 aliphatic rings. The molecule has 3 atom stereocenters. The van der Waals surface area contributed by atoms with Crippen molar-refractivity contribution in [2.24, 2.45) is 11.7 Å². The van der Waals surface area contributed by atoms with Crippen LogP contribution in [0.15, 0.2) is 30.3 Å². The number of nitrogens with zero attached hydrogens (tertiary/aromatic N) is 2. The molecule has 5 rings (SSSR count). The van der Waals surface area contributed by atoms with Crippen LogP contribution in [0.25, 0.3) is 10.4 Å². The number of benzene rings is 1. The van der Waals surface area contributed by atoms with E-state index in [-0.39, 0.29) is 11.9 Å². The van der Waals surface area contributed by atoms with Crippen LogP contribution in [0.2, 0.25) is 0 Å².